The minimum absolute atomic E-state index is 0.182. The first-order valence-electron chi connectivity index (χ1n) is 6.26. The topological polar surface area (TPSA) is 90.6 Å². The maximum Gasteiger partial charge on any atom is 0.241 e. The van der Waals surface area contributed by atoms with Crippen molar-refractivity contribution in [3.8, 4) is 5.75 Å². The lowest BCUT2D eigenvalue weighted by molar-refractivity contribution is 0.141. The molecular formula is C13H22N2O4S. The summed E-state index contributed by atoms with van der Waals surface area (Å²) in [6.45, 7) is 4.60. The molecule has 3 N–H and O–H groups in total. The van der Waals surface area contributed by atoms with Crippen LogP contribution in [0.15, 0.2) is 29.2 Å². The number of ether oxygens (including phenoxy) is 2. The average molecular weight is 302 g/mol. The third-order valence-corrected chi connectivity index (χ3v) is 4.15. The monoisotopic (exact) mass is 302 g/mol. The van der Waals surface area contributed by atoms with Crippen molar-refractivity contribution in [2.45, 2.75) is 24.3 Å². The van der Waals surface area contributed by atoms with Crippen molar-refractivity contribution in [3.05, 3.63) is 24.3 Å². The van der Waals surface area contributed by atoms with Gasteiger partial charge in [0.25, 0.3) is 0 Å². The van der Waals surface area contributed by atoms with Crippen molar-refractivity contribution in [2.75, 3.05) is 26.9 Å². The molecule has 114 valence electrons. The normalized spacial score (nSPS) is 12.4. The summed E-state index contributed by atoms with van der Waals surface area (Å²) in [6.07, 6.45) is 0. The molecule has 0 aromatic heterocycles. The Balaban J connectivity index is 2.82. The van der Waals surface area contributed by atoms with Crippen LogP contribution in [0.1, 0.15) is 13.8 Å². The SMILES string of the molecule is COCC(C)(C)NS(=O)(=O)c1ccc(OCCN)cc1. The highest BCUT2D eigenvalue weighted by Gasteiger charge is 2.26. The summed E-state index contributed by atoms with van der Waals surface area (Å²) in [4.78, 5) is 0.182. The van der Waals surface area contributed by atoms with Gasteiger partial charge in [0.15, 0.2) is 0 Å². The van der Waals surface area contributed by atoms with Crippen LogP contribution in [-0.4, -0.2) is 40.8 Å². The van der Waals surface area contributed by atoms with E-state index in [-0.39, 0.29) is 11.5 Å². The fourth-order valence-corrected chi connectivity index (χ4v) is 3.10. The molecular weight excluding hydrogens is 280 g/mol. The minimum Gasteiger partial charge on any atom is -0.492 e. The average Bonchev–Trinajstić information content (AvgIpc) is 2.35. The Morgan fingerprint density at radius 1 is 1.25 bits per heavy atom. The van der Waals surface area contributed by atoms with E-state index < -0.39 is 15.6 Å². The number of sulfonamides is 1. The number of nitrogens with two attached hydrogens (primary N) is 1. The zero-order valence-electron chi connectivity index (χ0n) is 12.0. The standard InChI is InChI=1S/C13H22N2O4S/c1-13(2,10-18-3)15-20(16,17)12-6-4-11(5-7-12)19-9-8-14/h4-7,15H,8-10,14H2,1-3H3. The molecule has 0 aliphatic rings. The first-order chi connectivity index (χ1) is 9.30. The summed E-state index contributed by atoms with van der Waals surface area (Å²) in [5.74, 6) is 0.588. The minimum atomic E-state index is -3.59. The first kappa shape index (κ1) is 16.9. The number of nitrogens with one attached hydrogen (secondary N) is 1. The Labute approximate surface area is 120 Å². The number of rotatable bonds is 8. The van der Waals surface area contributed by atoms with E-state index in [1.165, 1.54) is 19.2 Å². The molecule has 0 unspecified atom stereocenters. The molecule has 0 heterocycles. The number of benzene rings is 1. The van der Waals surface area contributed by atoms with E-state index in [0.29, 0.717) is 18.9 Å². The first-order valence-corrected chi connectivity index (χ1v) is 7.75. The van der Waals surface area contributed by atoms with Gasteiger partial charge in [0.05, 0.1) is 17.0 Å². The number of methoxy groups -OCH3 is 1. The van der Waals surface area contributed by atoms with E-state index in [9.17, 15) is 8.42 Å². The third-order valence-electron chi connectivity index (χ3n) is 2.44. The molecule has 0 spiro atoms. The van der Waals surface area contributed by atoms with Crippen molar-refractivity contribution in [1.29, 1.82) is 0 Å². The molecule has 0 saturated heterocycles. The Bertz CT molecular complexity index is 512. The molecule has 0 radical (unpaired) electrons. The molecule has 20 heavy (non-hydrogen) atoms. The fourth-order valence-electron chi connectivity index (χ4n) is 1.70. The van der Waals surface area contributed by atoms with Gasteiger partial charge >= 0.3 is 0 Å². The van der Waals surface area contributed by atoms with Gasteiger partial charge in [-0.2, -0.15) is 0 Å². The molecule has 0 aliphatic heterocycles. The summed E-state index contributed by atoms with van der Waals surface area (Å²) in [7, 11) is -2.06. The second-order valence-electron chi connectivity index (χ2n) is 5.03. The Kier molecular flexibility index (Phi) is 5.94. The molecule has 7 heteroatoms. The Morgan fingerprint density at radius 3 is 2.35 bits per heavy atom. The number of hydrogen-bond donors (Lipinski definition) is 2. The molecule has 0 atom stereocenters. The predicted molar refractivity (Wildman–Crippen MR) is 77.3 cm³/mol. The summed E-state index contributed by atoms with van der Waals surface area (Å²) in [6, 6.07) is 6.20. The molecule has 1 rings (SSSR count). The quantitative estimate of drug-likeness (QED) is 0.738. The van der Waals surface area contributed by atoms with Crippen molar-refractivity contribution >= 4 is 10.0 Å². The van der Waals surface area contributed by atoms with Crippen LogP contribution in [0.4, 0.5) is 0 Å². The number of hydrogen-bond acceptors (Lipinski definition) is 5. The van der Waals surface area contributed by atoms with E-state index in [1.807, 2.05) is 0 Å². The molecule has 0 aliphatic carbocycles. The summed E-state index contributed by atoms with van der Waals surface area (Å²) >= 11 is 0. The van der Waals surface area contributed by atoms with Crippen molar-refractivity contribution < 1.29 is 17.9 Å². The van der Waals surface area contributed by atoms with E-state index in [1.54, 1.807) is 26.0 Å². The van der Waals surface area contributed by atoms with Gasteiger partial charge in [-0.15, -0.1) is 0 Å². The second-order valence-corrected chi connectivity index (χ2v) is 6.71. The van der Waals surface area contributed by atoms with Crippen molar-refractivity contribution in [1.82, 2.24) is 4.72 Å². The lowest BCUT2D eigenvalue weighted by atomic mass is 10.1. The highest BCUT2D eigenvalue weighted by molar-refractivity contribution is 7.89. The largest absolute Gasteiger partial charge is 0.492 e. The third kappa shape index (κ3) is 5.09. The molecule has 1 aromatic carbocycles. The van der Waals surface area contributed by atoms with Gasteiger partial charge in [0.1, 0.15) is 12.4 Å². The lowest BCUT2D eigenvalue weighted by Crippen LogP contribution is -2.46. The summed E-state index contributed by atoms with van der Waals surface area (Å²) in [5.41, 5.74) is 4.65. The van der Waals surface area contributed by atoms with Gasteiger partial charge in [0.2, 0.25) is 10.0 Å². The Hall–Kier alpha value is -1.15. The highest BCUT2D eigenvalue weighted by atomic mass is 32.2. The van der Waals surface area contributed by atoms with Crippen LogP contribution < -0.4 is 15.2 Å². The van der Waals surface area contributed by atoms with Crippen LogP contribution in [0.2, 0.25) is 0 Å². The van der Waals surface area contributed by atoms with Gasteiger partial charge in [-0.25, -0.2) is 13.1 Å². The predicted octanol–water partition coefficient (Wildman–Crippen LogP) is 0.727. The van der Waals surface area contributed by atoms with Crippen LogP contribution in [0.25, 0.3) is 0 Å². The van der Waals surface area contributed by atoms with Crippen LogP contribution >= 0.6 is 0 Å². The van der Waals surface area contributed by atoms with Crippen LogP contribution in [-0.2, 0) is 14.8 Å². The van der Waals surface area contributed by atoms with E-state index in [2.05, 4.69) is 4.72 Å². The fraction of sp³-hybridized carbons (Fsp3) is 0.538. The van der Waals surface area contributed by atoms with Crippen molar-refractivity contribution in [3.63, 3.8) is 0 Å². The molecule has 0 bridgehead atoms. The zero-order chi connectivity index (χ0) is 15.2. The molecule has 1 aromatic rings. The van der Waals surface area contributed by atoms with Gasteiger partial charge in [-0.3, -0.25) is 0 Å². The van der Waals surface area contributed by atoms with Gasteiger partial charge in [-0.05, 0) is 38.1 Å². The second kappa shape index (κ2) is 7.03. The highest BCUT2D eigenvalue weighted by Crippen LogP contribution is 2.17. The zero-order valence-corrected chi connectivity index (χ0v) is 12.9. The maximum atomic E-state index is 12.2. The molecule has 0 amide bonds. The molecule has 0 fully saturated rings. The van der Waals surface area contributed by atoms with Crippen LogP contribution in [0.5, 0.6) is 5.75 Å². The summed E-state index contributed by atoms with van der Waals surface area (Å²) < 4.78 is 37.3. The van der Waals surface area contributed by atoms with Gasteiger partial charge in [-0.1, -0.05) is 0 Å². The molecule has 0 saturated carbocycles. The van der Waals surface area contributed by atoms with Crippen LogP contribution in [0, 0.1) is 0 Å². The lowest BCUT2D eigenvalue weighted by Gasteiger charge is -2.24. The maximum absolute atomic E-state index is 12.2. The van der Waals surface area contributed by atoms with E-state index >= 15 is 0 Å². The van der Waals surface area contributed by atoms with E-state index in [4.69, 9.17) is 15.2 Å². The van der Waals surface area contributed by atoms with Crippen molar-refractivity contribution in [2.24, 2.45) is 5.73 Å². The molecule has 6 nitrogen and oxygen atoms in total. The summed E-state index contributed by atoms with van der Waals surface area (Å²) in [5, 5.41) is 0. The van der Waals surface area contributed by atoms with E-state index in [0.717, 1.165) is 0 Å². The van der Waals surface area contributed by atoms with Crippen LogP contribution in [0.3, 0.4) is 0 Å². The smallest absolute Gasteiger partial charge is 0.241 e. The van der Waals surface area contributed by atoms with Gasteiger partial charge in [0, 0.05) is 13.7 Å². The van der Waals surface area contributed by atoms with Gasteiger partial charge < -0.3 is 15.2 Å². The Morgan fingerprint density at radius 2 is 1.85 bits per heavy atom.